The first-order chi connectivity index (χ1) is 10.9. The summed E-state index contributed by atoms with van der Waals surface area (Å²) < 4.78 is 25.5. The van der Waals surface area contributed by atoms with Gasteiger partial charge in [0.1, 0.15) is 11.1 Å². The number of nitrogens with zero attached hydrogens (tertiary/aromatic N) is 3. The Hall–Kier alpha value is -1.07. The molecule has 1 atom stereocenters. The van der Waals surface area contributed by atoms with Crippen molar-refractivity contribution in [1.29, 1.82) is 0 Å². The van der Waals surface area contributed by atoms with E-state index in [4.69, 9.17) is 5.11 Å². The molecule has 11 heteroatoms. The van der Waals surface area contributed by atoms with E-state index in [1.165, 1.54) is 28.1 Å². The third-order valence-electron chi connectivity index (χ3n) is 3.91. The molecule has 4 heterocycles. The number of hydrogen-bond acceptors (Lipinski definition) is 6. The number of amides is 1. The van der Waals surface area contributed by atoms with Crippen molar-refractivity contribution in [2.75, 3.05) is 5.75 Å². The molecule has 0 bridgehead atoms. The topological polar surface area (TPSA) is 110 Å². The molecule has 1 fully saturated rings. The Kier molecular flexibility index (Phi) is 4.45. The van der Waals surface area contributed by atoms with Gasteiger partial charge in [0.2, 0.25) is 15.0 Å². The number of sulfone groups is 1. The fraction of sp³-hybridized carbons (Fsp3) is 0.308. The fourth-order valence-electron chi connectivity index (χ4n) is 2.84. The Morgan fingerprint density at radius 2 is 2.21 bits per heavy atom. The summed E-state index contributed by atoms with van der Waals surface area (Å²) in [5.74, 6) is -1.45. The van der Waals surface area contributed by atoms with E-state index in [0.717, 1.165) is 0 Å². The molecule has 0 spiro atoms. The summed E-state index contributed by atoms with van der Waals surface area (Å²) in [4.78, 5) is 28.5. The van der Waals surface area contributed by atoms with Crippen molar-refractivity contribution >= 4 is 69.1 Å². The van der Waals surface area contributed by atoms with Crippen molar-refractivity contribution < 1.29 is 23.1 Å². The summed E-state index contributed by atoms with van der Waals surface area (Å²) in [7, 11) is -3.36. The van der Waals surface area contributed by atoms with Gasteiger partial charge in [-0.2, -0.15) is 0 Å². The van der Waals surface area contributed by atoms with Crippen LogP contribution in [0.15, 0.2) is 28.0 Å². The second-order valence-corrected chi connectivity index (χ2v) is 8.34. The molecule has 122 valence electrons. The van der Waals surface area contributed by atoms with E-state index in [9.17, 15) is 18.0 Å². The van der Waals surface area contributed by atoms with Gasteiger partial charge >= 0.3 is 35.5 Å². The Morgan fingerprint density at radius 1 is 1.46 bits per heavy atom. The molecular weight excluding hydrogens is 365 g/mol. The Labute approximate surface area is 163 Å². The zero-order valence-corrected chi connectivity index (χ0v) is 13.3. The fourth-order valence-corrected chi connectivity index (χ4v) is 5.39. The molecule has 3 aliphatic heterocycles. The van der Waals surface area contributed by atoms with E-state index < -0.39 is 15.8 Å². The van der Waals surface area contributed by atoms with E-state index >= 15 is 0 Å². The van der Waals surface area contributed by atoms with E-state index in [1.54, 1.807) is 10.8 Å². The summed E-state index contributed by atoms with van der Waals surface area (Å²) in [5.41, 5.74) is 0.794. The first-order valence-corrected chi connectivity index (χ1v) is 9.42. The van der Waals surface area contributed by atoms with Crippen molar-refractivity contribution in [3.8, 4) is 0 Å². The van der Waals surface area contributed by atoms with Crippen molar-refractivity contribution in [1.82, 2.24) is 14.5 Å². The number of carbonyl (C=O) groups excluding carboxylic acids is 1. The summed E-state index contributed by atoms with van der Waals surface area (Å²) in [6.45, 7) is 0.577. The number of imidazole rings is 1. The maximum atomic E-state index is 12.1. The van der Waals surface area contributed by atoms with Crippen molar-refractivity contribution in [2.24, 2.45) is 0 Å². The van der Waals surface area contributed by atoms with Crippen LogP contribution in [-0.4, -0.2) is 80.5 Å². The molecule has 0 radical (unpaired) electrons. The van der Waals surface area contributed by atoms with Gasteiger partial charge in [-0.25, -0.2) is 18.2 Å². The van der Waals surface area contributed by atoms with Gasteiger partial charge in [0.05, 0.1) is 17.0 Å². The van der Waals surface area contributed by atoms with E-state index in [1.807, 2.05) is 0 Å². The molecule has 0 unspecified atom stereocenters. The molecule has 1 amide bonds. The van der Waals surface area contributed by atoms with Gasteiger partial charge in [0.25, 0.3) is 5.91 Å². The van der Waals surface area contributed by atoms with Gasteiger partial charge in [-0.15, -0.1) is 11.8 Å². The molecule has 3 aliphatic rings. The molecule has 1 N–H and O–H groups in total. The predicted molar refractivity (Wildman–Crippen MR) is 88.0 cm³/mol. The average Bonchev–Trinajstić information content (AvgIpc) is 3.06. The minimum absolute atomic E-state index is 0. The number of aromatic nitrogens is 2. The number of β-lactam (4-membered cyclic amide) rings is 1. The number of carboxylic acid groups (broad SMARTS) is 1. The van der Waals surface area contributed by atoms with Crippen molar-refractivity contribution in [3.63, 3.8) is 0 Å². The third-order valence-corrected chi connectivity index (χ3v) is 6.70. The van der Waals surface area contributed by atoms with Gasteiger partial charge in [0.15, 0.2) is 0 Å². The summed E-state index contributed by atoms with van der Waals surface area (Å²) in [6.07, 6.45) is 3.69. The van der Waals surface area contributed by atoms with Crippen LogP contribution in [0, 0.1) is 0 Å². The first kappa shape index (κ1) is 17.7. The third kappa shape index (κ3) is 2.57. The summed E-state index contributed by atoms with van der Waals surface area (Å²) >= 11 is 1.24. The summed E-state index contributed by atoms with van der Waals surface area (Å²) in [5, 5.41) is 10.1. The van der Waals surface area contributed by atoms with E-state index in [-0.39, 0.29) is 57.4 Å². The number of carbonyl (C=O) groups is 2. The molecule has 0 aliphatic carbocycles. The number of aliphatic carboxylic acids is 1. The number of fused-ring (bicyclic) bond motifs is 2. The van der Waals surface area contributed by atoms with Gasteiger partial charge in [-0.05, 0) is 12.5 Å². The molecule has 0 aromatic carbocycles. The van der Waals surface area contributed by atoms with Crippen LogP contribution in [0.2, 0.25) is 0 Å². The number of aryl methyl sites for hydroxylation is 1. The van der Waals surface area contributed by atoms with E-state index in [0.29, 0.717) is 24.2 Å². The van der Waals surface area contributed by atoms with Crippen LogP contribution in [0.1, 0.15) is 12.1 Å². The van der Waals surface area contributed by atoms with Crippen molar-refractivity contribution in [2.45, 2.75) is 23.5 Å². The Bertz CT molecular complexity index is 918. The van der Waals surface area contributed by atoms with Gasteiger partial charge < -0.3 is 9.67 Å². The molecule has 24 heavy (non-hydrogen) atoms. The quantitative estimate of drug-likeness (QED) is 0.426. The first-order valence-electron chi connectivity index (χ1n) is 6.82. The van der Waals surface area contributed by atoms with Crippen LogP contribution in [0.4, 0.5) is 0 Å². The van der Waals surface area contributed by atoms with Crippen LogP contribution in [0.3, 0.4) is 0 Å². The Morgan fingerprint density at radius 3 is 2.88 bits per heavy atom. The second-order valence-electron chi connectivity index (χ2n) is 5.39. The summed E-state index contributed by atoms with van der Waals surface area (Å²) in [6, 6.07) is 0. The SMILES string of the molecule is O=C(O)C1=CS[C@@H]2C(=Cc3cn4c(n3)S(=O)(=O)CCC4)C(=O)N12.[NaH]. The maximum absolute atomic E-state index is 12.1. The van der Waals surface area contributed by atoms with Gasteiger partial charge in [-0.3, -0.25) is 9.69 Å². The average molecular weight is 377 g/mol. The number of carboxylic acids is 1. The zero-order valence-electron chi connectivity index (χ0n) is 11.7. The molecule has 8 nitrogen and oxygen atoms in total. The number of hydrogen-bond donors (Lipinski definition) is 1. The van der Waals surface area contributed by atoms with Crippen LogP contribution in [0.25, 0.3) is 6.08 Å². The number of rotatable bonds is 2. The van der Waals surface area contributed by atoms with Crippen LogP contribution < -0.4 is 0 Å². The van der Waals surface area contributed by atoms with Crippen LogP contribution in [0.5, 0.6) is 0 Å². The molecule has 1 aromatic heterocycles. The zero-order chi connectivity index (χ0) is 16.4. The van der Waals surface area contributed by atoms with E-state index in [2.05, 4.69) is 4.98 Å². The standard InChI is InChI=1S/C13H11N3O5S2.Na.H/c17-10-8(11-16(10)9(6-22-11)12(18)19)4-7-5-15-2-1-3-23(20,21)13(15)14-7;;/h4-6,11H,1-3H2,(H,18,19);;/t11-;;/m1../s1. The predicted octanol–water partition coefficient (Wildman–Crippen LogP) is -0.363. The van der Waals surface area contributed by atoms with Gasteiger partial charge in [0, 0.05) is 18.1 Å². The molecule has 0 saturated carbocycles. The van der Waals surface area contributed by atoms with Crippen LogP contribution in [-0.2, 0) is 26.0 Å². The van der Waals surface area contributed by atoms with Crippen molar-refractivity contribution in [3.05, 3.63) is 28.6 Å². The molecule has 4 rings (SSSR count). The van der Waals surface area contributed by atoms with Gasteiger partial charge in [-0.1, -0.05) is 0 Å². The Balaban J connectivity index is 0.00000169. The monoisotopic (exact) mass is 377 g/mol. The second kappa shape index (κ2) is 6.03. The molecular formula is C13H12N3NaO5S2. The molecule has 1 aromatic rings. The minimum atomic E-state index is -3.36. The number of thioether (sulfide) groups is 1. The van der Waals surface area contributed by atoms with Crippen LogP contribution >= 0.6 is 11.8 Å². The normalized spacial score (nSPS) is 25.4. The molecule has 1 saturated heterocycles.